The first-order chi connectivity index (χ1) is 11.1. The fraction of sp³-hybridized carbons (Fsp3) is 0.250. The molecule has 7 heteroatoms. The third-order valence-electron chi connectivity index (χ3n) is 3.73. The number of aromatic nitrogens is 2. The molecule has 1 aliphatic rings. The second kappa shape index (κ2) is 6.04. The van der Waals surface area contributed by atoms with Gasteiger partial charge in [-0.1, -0.05) is 6.07 Å². The molecule has 0 saturated carbocycles. The van der Waals surface area contributed by atoms with Crippen LogP contribution in [0.2, 0.25) is 0 Å². The van der Waals surface area contributed by atoms with Crippen molar-refractivity contribution in [3.63, 3.8) is 0 Å². The maximum atomic E-state index is 12.6. The van der Waals surface area contributed by atoms with Crippen LogP contribution in [-0.4, -0.2) is 40.3 Å². The fourth-order valence-corrected chi connectivity index (χ4v) is 2.29. The molecule has 0 bridgehead atoms. The number of carbonyl (C=O) groups excluding carboxylic acids is 2. The van der Waals surface area contributed by atoms with E-state index in [9.17, 15) is 9.59 Å². The number of rotatable bonds is 3. The van der Waals surface area contributed by atoms with E-state index in [0.717, 1.165) is 5.69 Å². The van der Waals surface area contributed by atoms with Crippen LogP contribution in [0.15, 0.2) is 36.7 Å². The average molecular weight is 312 g/mol. The van der Waals surface area contributed by atoms with Crippen molar-refractivity contribution in [2.45, 2.75) is 13.0 Å². The number of nitrogens with zero attached hydrogens (tertiary/aromatic N) is 3. The number of carbonyl (C=O) groups is 2. The van der Waals surface area contributed by atoms with Crippen LogP contribution in [-0.2, 0) is 4.79 Å². The Balaban J connectivity index is 1.82. The largest absolute Gasteiger partial charge is 0.466 e. The predicted molar refractivity (Wildman–Crippen MR) is 83.1 cm³/mol. The summed E-state index contributed by atoms with van der Waals surface area (Å²) in [5.74, 6) is -0.154. The highest BCUT2D eigenvalue weighted by Crippen LogP contribution is 2.27. The highest BCUT2D eigenvalue weighted by atomic mass is 16.5. The second-order valence-electron chi connectivity index (χ2n) is 5.26. The number of nitrogens with one attached hydrogen (secondary N) is 1. The van der Waals surface area contributed by atoms with Gasteiger partial charge in [0.2, 0.25) is 5.88 Å². The topological polar surface area (TPSA) is 84.4 Å². The lowest BCUT2D eigenvalue weighted by molar-refractivity contribution is -0.118. The molecule has 2 aromatic heterocycles. The van der Waals surface area contributed by atoms with Crippen LogP contribution in [0.4, 0.5) is 5.69 Å². The van der Waals surface area contributed by atoms with Gasteiger partial charge in [0.25, 0.3) is 11.8 Å². The maximum Gasteiger partial charge on any atom is 0.262 e. The molecule has 0 saturated heterocycles. The van der Waals surface area contributed by atoms with E-state index in [1.54, 1.807) is 24.2 Å². The Morgan fingerprint density at radius 1 is 1.39 bits per heavy atom. The van der Waals surface area contributed by atoms with E-state index in [-0.39, 0.29) is 24.5 Å². The summed E-state index contributed by atoms with van der Waals surface area (Å²) >= 11 is 0. The molecule has 0 radical (unpaired) electrons. The molecule has 2 amide bonds. The third-order valence-corrected chi connectivity index (χ3v) is 3.73. The van der Waals surface area contributed by atoms with Gasteiger partial charge in [-0.25, -0.2) is 4.98 Å². The highest BCUT2D eigenvalue weighted by molar-refractivity contribution is 5.99. The summed E-state index contributed by atoms with van der Waals surface area (Å²) in [4.78, 5) is 33.9. The van der Waals surface area contributed by atoms with E-state index in [2.05, 4.69) is 15.3 Å². The van der Waals surface area contributed by atoms with E-state index in [4.69, 9.17) is 4.74 Å². The molecular weight excluding hydrogens is 296 g/mol. The standard InChI is InChI=1S/C16H16N4O3/c1-10(12-5-3-4-6-17-12)20(2)16(22)11-7-13-15(18-8-11)23-9-14(21)19-13/h3-8,10H,9H2,1-2H3,(H,19,21)/t10-/m1/s1. The van der Waals surface area contributed by atoms with Gasteiger partial charge in [-0.05, 0) is 25.1 Å². The Bertz CT molecular complexity index is 748. The van der Waals surface area contributed by atoms with Crippen LogP contribution in [0.5, 0.6) is 5.88 Å². The molecule has 118 valence electrons. The second-order valence-corrected chi connectivity index (χ2v) is 5.26. The number of ether oxygens (including phenoxy) is 1. The quantitative estimate of drug-likeness (QED) is 0.931. The summed E-state index contributed by atoms with van der Waals surface area (Å²) in [6, 6.07) is 6.96. The lowest BCUT2D eigenvalue weighted by Crippen LogP contribution is -2.31. The van der Waals surface area contributed by atoms with Crippen LogP contribution < -0.4 is 10.1 Å². The first-order valence-corrected chi connectivity index (χ1v) is 7.17. The van der Waals surface area contributed by atoms with Gasteiger partial charge in [0.05, 0.1) is 17.3 Å². The van der Waals surface area contributed by atoms with E-state index >= 15 is 0 Å². The van der Waals surface area contributed by atoms with Gasteiger partial charge in [0.15, 0.2) is 6.61 Å². The Morgan fingerprint density at radius 2 is 2.22 bits per heavy atom. The zero-order chi connectivity index (χ0) is 16.4. The first kappa shape index (κ1) is 15.0. The number of anilines is 1. The molecule has 0 unspecified atom stereocenters. The molecule has 23 heavy (non-hydrogen) atoms. The summed E-state index contributed by atoms with van der Waals surface area (Å²) in [6.07, 6.45) is 3.14. The Hall–Kier alpha value is -2.96. The van der Waals surface area contributed by atoms with Crippen LogP contribution in [0, 0.1) is 0 Å². The van der Waals surface area contributed by atoms with Crippen LogP contribution >= 0.6 is 0 Å². The molecule has 2 aromatic rings. The van der Waals surface area contributed by atoms with Crippen molar-refractivity contribution in [1.29, 1.82) is 0 Å². The van der Waals surface area contributed by atoms with Crippen molar-refractivity contribution in [1.82, 2.24) is 14.9 Å². The highest BCUT2D eigenvalue weighted by Gasteiger charge is 2.23. The third kappa shape index (κ3) is 2.98. The maximum absolute atomic E-state index is 12.6. The van der Waals surface area contributed by atoms with Crippen LogP contribution in [0.25, 0.3) is 0 Å². The molecule has 3 rings (SSSR count). The number of pyridine rings is 2. The van der Waals surface area contributed by atoms with Gasteiger partial charge in [-0.3, -0.25) is 14.6 Å². The molecule has 0 aromatic carbocycles. The molecule has 1 atom stereocenters. The van der Waals surface area contributed by atoms with Crippen molar-refractivity contribution in [2.75, 3.05) is 19.0 Å². The number of fused-ring (bicyclic) bond motifs is 1. The van der Waals surface area contributed by atoms with Crippen molar-refractivity contribution in [3.05, 3.63) is 47.9 Å². The van der Waals surface area contributed by atoms with Crippen molar-refractivity contribution in [2.24, 2.45) is 0 Å². The lowest BCUT2D eigenvalue weighted by Gasteiger charge is -2.25. The number of hydrogen-bond donors (Lipinski definition) is 1. The predicted octanol–water partition coefficient (Wildman–Crippen LogP) is 1.64. The van der Waals surface area contributed by atoms with Gasteiger partial charge >= 0.3 is 0 Å². The zero-order valence-electron chi connectivity index (χ0n) is 12.8. The van der Waals surface area contributed by atoms with Crippen molar-refractivity contribution in [3.8, 4) is 5.88 Å². The summed E-state index contributed by atoms with van der Waals surface area (Å²) in [7, 11) is 1.70. The van der Waals surface area contributed by atoms with Gasteiger partial charge in [0, 0.05) is 19.4 Å². The SMILES string of the molecule is C[C@H](c1ccccn1)N(C)C(=O)c1cnc2c(c1)NC(=O)CO2. The molecule has 0 spiro atoms. The van der Waals surface area contributed by atoms with E-state index in [1.807, 2.05) is 25.1 Å². The van der Waals surface area contributed by atoms with E-state index < -0.39 is 0 Å². The number of hydrogen-bond acceptors (Lipinski definition) is 5. The zero-order valence-corrected chi connectivity index (χ0v) is 12.8. The first-order valence-electron chi connectivity index (χ1n) is 7.17. The fourth-order valence-electron chi connectivity index (χ4n) is 2.29. The molecule has 1 aliphatic heterocycles. The smallest absolute Gasteiger partial charge is 0.262 e. The summed E-state index contributed by atoms with van der Waals surface area (Å²) in [5.41, 5.74) is 1.58. The number of amides is 2. The average Bonchev–Trinajstić information content (AvgIpc) is 2.59. The molecule has 3 heterocycles. The summed E-state index contributed by atoms with van der Waals surface area (Å²) in [5, 5.41) is 2.65. The van der Waals surface area contributed by atoms with Gasteiger partial charge < -0.3 is 15.0 Å². The minimum absolute atomic E-state index is 0.0656. The van der Waals surface area contributed by atoms with Crippen molar-refractivity contribution >= 4 is 17.5 Å². The van der Waals surface area contributed by atoms with E-state index in [0.29, 0.717) is 17.1 Å². The minimum Gasteiger partial charge on any atom is -0.466 e. The normalized spacial score (nSPS) is 14.3. The van der Waals surface area contributed by atoms with Gasteiger partial charge in [-0.2, -0.15) is 0 Å². The summed E-state index contributed by atoms with van der Waals surface area (Å²) in [6.45, 7) is 1.83. The molecule has 1 N–H and O–H groups in total. The monoisotopic (exact) mass is 312 g/mol. The Kier molecular flexibility index (Phi) is 3.92. The van der Waals surface area contributed by atoms with Gasteiger partial charge in [-0.15, -0.1) is 0 Å². The Morgan fingerprint density at radius 3 is 2.96 bits per heavy atom. The minimum atomic E-state index is -0.265. The molecular formula is C16H16N4O3. The Labute approximate surface area is 133 Å². The van der Waals surface area contributed by atoms with Crippen molar-refractivity contribution < 1.29 is 14.3 Å². The van der Waals surface area contributed by atoms with Gasteiger partial charge in [0.1, 0.15) is 5.69 Å². The molecule has 7 nitrogen and oxygen atoms in total. The van der Waals surface area contributed by atoms with E-state index in [1.165, 1.54) is 6.20 Å². The molecule has 0 aliphatic carbocycles. The van der Waals surface area contributed by atoms with Crippen LogP contribution in [0.1, 0.15) is 29.0 Å². The lowest BCUT2D eigenvalue weighted by atomic mass is 10.1. The van der Waals surface area contributed by atoms with Crippen LogP contribution in [0.3, 0.4) is 0 Å². The summed E-state index contributed by atoms with van der Waals surface area (Å²) < 4.78 is 5.19. The molecule has 0 fully saturated rings.